The van der Waals surface area contributed by atoms with Crippen molar-refractivity contribution >= 4 is 50.0 Å². The average Bonchev–Trinajstić information content (AvgIpc) is 3.81. The molecule has 4 aliphatic carbocycles. The minimum absolute atomic E-state index is 0.120. The lowest BCUT2D eigenvalue weighted by Gasteiger charge is -2.52. The maximum atomic E-state index is 14.1. The van der Waals surface area contributed by atoms with Crippen LogP contribution in [0.4, 0.5) is 13.2 Å². The van der Waals surface area contributed by atoms with E-state index >= 15 is 0 Å². The van der Waals surface area contributed by atoms with Gasteiger partial charge >= 0.3 is 6.18 Å². The Bertz CT molecular complexity index is 2020. The summed E-state index contributed by atoms with van der Waals surface area (Å²) < 4.78 is 85.4. The number of rotatable bonds is 10. The van der Waals surface area contributed by atoms with Gasteiger partial charge in [-0.25, -0.2) is 18.1 Å². The minimum atomic E-state index is -4.84. The molecular formula is C33H31Cl2F3N4O6S. The van der Waals surface area contributed by atoms with Gasteiger partial charge in [-0.15, -0.1) is 0 Å². The van der Waals surface area contributed by atoms with Crippen LogP contribution >= 0.6 is 23.2 Å². The van der Waals surface area contributed by atoms with E-state index in [4.69, 9.17) is 37.2 Å². The number of sulfonamides is 1. The van der Waals surface area contributed by atoms with Gasteiger partial charge in [0.25, 0.3) is 5.91 Å². The van der Waals surface area contributed by atoms with Gasteiger partial charge in [-0.2, -0.15) is 13.2 Å². The summed E-state index contributed by atoms with van der Waals surface area (Å²) in [7, 11) is -4.00. The predicted octanol–water partition coefficient (Wildman–Crippen LogP) is 7.87. The highest BCUT2D eigenvalue weighted by Crippen LogP contribution is 2.55. The first kappa shape index (κ1) is 34.0. The van der Waals surface area contributed by atoms with Gasteiger partial charge in [0.15, 0.2) is 0 Å². The molecule has 4 saturated carbocycles. The summed E-state index contributed by atoms with van der Waals surface area (Å²) in [6.07, 6.45) is 5.82. The SMILES string of the molecule is CS(=O)(=O)NC(=O)c1cc(C(F)(F)F)c2cc(OCC34CCC(OCc5c(-c6c(Cl)cncc6Cl)noc5C5CC5)(CC3)CC4)ccc2n1. The van der Waals surface area contributed by atoms with Gasteiger partial charge in [-0.05, 0) is 75.6 Å². The molecule has 3 aromatic heterocycles. The summed E-state index contributed by atoms with van der Waals surface area (Å²) in [6, 6.07) is 4.63. The summed E-state index contributed by atoms with van der Waals surface area (Å²) in [6.45, 7) is 0.617. The lowest BCUT2D eigenvalue weighted by molar-refractivity contribution is -0.150. The maximum absolute atomic E-state index is 14.1. The number of aromatic nitrogens is 3. The molecule has 8 rings (SSSR count). The number of carbonyl (C=O) groups excluding carboxylic acids is 1. The monoisotopic (exact) mass is 738 g/mol. The Balaban J connectivity index is 1.04. The highest BCUT2D eigenvalue weighted by atomic mass is 35.5. The van der Waals surface area contributed by atoms with Crippen molar-refractivity contribution < 1.29 is 40.4 Å². The van der Waals surface area contributed by atoms with E-state index in [1.807, 2.05) is 0 Å². The second-order valence-corrected chi connectivity index (χ2v) is 15.9. The van der Waals surface area contributed by atoms with Crippen molar-refractivity contribution in [2.75, 3.05) is 12.9 Å². The number of alkyl halides is 3. The van der Waals surface area contributed by atoms with Crippen LogP contribution in [-0.4, -0.2) is 47.9 Å². The van der Waals surface area contributed by atoms with Crippen LogP contribution < -0.4 is 9.46 Å². The smallest absolute Gasteiger partial charge is 0.417 e. The van der Waals surface area contributed by atoms with Crippen LogP contribution in [0.1, 0.15) is 84.7 Å². The van der Waals surface area contributed by atoms with Crippen LogP contribution in [0.25, 0.3) is 22.2 Å². The van der Waals surface area contributed by atoms with Gasteiger partial charge in [0.05, 0.1) is 46.2 Å². The number of hydrogen-bond donors (Lipinski definition) is 1. The minimum Gasteiger partial charge on any atom is -0.493 e. The number of benzene rings is 1. The van der Waals surface area contributed by atoms with E-state index in [1.165, 1.54) is 30.6 Å². The van der Waals surface area contributed by atoms with Crippen molar-refractivity contribution in [1.82, 2.24) is 19.8 Å². The standard InChI is InChI=1S/C33H31Cl2F3N4O6S/c1-49(44,45)42-30(43)26-13-22(33(36,37)38)20-12-19(4-5-25(20)40-26)46-17-31-6-9-32(10-7-31,11-8-31)47-16-21-28(41-48-29(21)18-2-3-18)27-23(34)14-39-15-24(27)35/h4-5,12-15,18H,2-3,6-11,16-17H2,1H3,(H,42,43). The van der Waals surface area contributed by atoms with E-state index in [-0.39, 0.29) is 27.7 Å². The zero-order valence-electron chi connectivity index (χ0n) is 26.2. The van der Waals surface area contributed by atoms with Crippen LogP contribution in [-0.2, 0) is 27.5 Å². The molecule has 0 spiro atoms. The molecular weight excluding hydrogens is 708 g/mol. The predicted molar refractivity (Wildman–Crippen MR) is 174 cm³/mol. The third kappa shape index (κ3) is 6.97. The second-order valence-electron chi connectivity index (χ2n) is 13.3. The Labute approximate surface area is 289 Å². The van der Waals surface area contributed by atoms with E-state index in [0.29, 0.717) is 46.5 Å². The first-order chi connectivity index (χ1) is 23.1. The molecule has 3 heterocycles. The number of amides is 1. The third-order valence-corrected chi connectivity index (χ3v) is 11.0. The molecule has 260 valence electrons. The quantitative estimate of drug-likeness (QED) is 0.173. The van der Waals surface area contributed by atoms with Crippen LogP contribution in [0.2, 0.25) is 10.0 Å². The number of carbonyl (C=O) groups is 1. The van der Waals surface area contributed by atoms with Crippen molar-refractivity contribution in [3.63, 3.8) is 0 Å². The largest absolute Gasteiger partial charge is 0.493 e. The Kier molecular flexibility index (Phi) is 8.60. The van der Waals surface area contributed by atoms with Gasteiger partial charge in [0.2, 0.25) is 10.0 Å². The summed E-state index contributed by atoms with van der Waals surface area (Å²) in [4.78, 5) is 20.3. The molecule has 0 radical (unpaired) electrons. The van der Waals surface area contributed by atoms with Crippen LogP contribution in [0, 0.1) is 5.41 Å². The summed E-state index contributed by atoms with van der Waals surface area (Å²) in [5.41, 5.74) is -0.405. The van der Waals surface area contributed by atoms with E-state index in [1.54, 1.807) is 4.72 Å². The fourth-order valence-corrected chi connectivity index (χ4v) is 7.94. The molecule has 0 aliphatic heterocycles. The number of halogens is 5. The first-order valence-corrected chi connectivity index (χ1v) is 18.4. The molecule has 0 unspecified atom stereocenters. The normalized spacial score (nSPS) is 22.4. The van der Waals surface area contributed by atoms with Crippen LogP contribution in [0.5, 0.6) is 5.75 Å². The van der Waals surface area contributed by atoms with Crippen LogP contribution in [0.15, 0.2) is 41.2 Å². The van der Waals surface area contributed by atoms with Gasteiger partial charge in [0, 0.05) is 40.2 Å². The second kappa shape index (κ2) is 12.4. The molecule has 1 amide bonds. The summed E-state index contributed by atoms with van der Waals surface area (Å²) in [5.74, 6) is 0.0788. The van der Waals surface area contributed by atoms with E-state index in [9.17, 15) is 26.4 Å². The molecule has 10 nitrogen and oxygen atoms in total. The van der Waals surface area contributed by atoms with Crippen molar-refractivity contribution in [3.8, 4) is 17.0 Å². The molecule has 1 N–H and O–H groups in total. The number of ether oxygens (including phenoxy) is 2. The first-order valence-electron chi connectivity index (χ1n) is 15.7. The van der Waals surface area contributed by atoms with E-state index < -0.39 is 33.4 Å². The molecule has 4 aromatic rings. The number of fused-ring (bicyclic) bond motifs is 4. The lowest BCUT2D eigenvalue weighted by atomic mass is 9.59. The molecule has 4 aliphatic rings. The number of nitrogens with one attached hydrogen (secondary N) is 1. The van der Waals surface area contributed by atoms with Crippen molar-refractivity contribution in [2.45, 2.75) is 75.7 Å². The highest BCUT2D eigenvalue weighted by molar-refractivity contribution is 7.89. The van der Waals surface area contributed by atoms with Gasteiger partial charge in [-0.1, -0.05) is 28.4 Å². The Morgan fingerprint density at radius 3 is 2.35 bits per heavy atom. The van der Waals surface area contributed by atoms with Gasteiger partial charge < -0.3 is 14.0 Å². The van der Waals surface area contributed by atoms with Gasteiger partial charge in [0.1, 0.15) is 22.9 Å². The van der Waals surface area contributed by atoms with E-state index in [0.717, 1.165) is 68.9 Å². The number of nitrogens with zero attached hydrogens (tertiary/aromatic N) is 3. The van der Waals surface area contributed by atoms with Crippen molar-refractivity contribution in [3.05, 3.63) is 69.3 Å². The maximum Gasteiger partial charge on any atom is 0.417 e. The highest BCUT2D eigenvalue weighted by Gasteiger charge is 2.50. The molecule has 1 aromatic carbocycles. The summed E-state index contributed by atoms with van der Waals surface area (Å²) in [5, 5.41) is 4.84. The average molecular weight is 740 g/mol. The van der Waals surface area contributed by atoms with Crippen molar-refractivity contribution in [2.24, 2.45) is 5.41 Å². The molecule has 49 heavy (non-hydrogen) atoms. The third-order valence-electron chi connectivity index (χ3n) is 9.85. The van der Waals surface area contributed by atoms with Crippen molar-refractivity contribution in [1.29, 1.82) is 0 Å². The number of pyridine rings is 2. The molecule has 2 bridgehead atoms. The Hall–Kier alpha value is -3.46. The van der Waals surface area contributed by atoms with Gasteiger partial charge in [-0.3, -0.25) is 9.78 Å². The molecule has 16 heteroatoms. The van der Waals surface area contributed by atoms with Crippen LogP contribution in [0.3, 0.4) is 0 Å². The topological polar surface area (TPSA) is 134 Å². The molecule has 4 fully saturated rings. The zero-order valence-corrected chi connectivity index (χ0v) is 28.5. The molecule has 0 saturated heterocycles. The fourth-order valence-electron chi connectivity index (χ4n) is 6.95. The Morgan fingerprint density at radius 1 is 1.06 bits per heavy atom. The van der Waals surface area contributed by atoms with E-state index in [2.05, 4.69) is 15.1 Å². The lowest BCUT2D eigenvalue weighted by Crippen LogP contribution is -2.49. The fraction of sp³-hybridized carbons (Fsp3) is 0.455. The summed E-state index contributed by atoms with van der Waals surface area (Å²) >= 11 is 12.9. The molecule has 0 atom stereocenters. The Morgan fingerprint density at radius 2 is 1.73 bits per heavy atom. The zero-order chi connectivity index (χ0) is 34.8. The number of hydrogen-bond acceptors (Lipinski definition) is 9.